The minimum atomic E-state index is -0.630. The molecular formula is C22H17N3O3S. The van der Waals surface area contributed by atoms with E-state index in [9.17, 15) is 9.59 Å². The zero-order valence-corrected chi connectivity index (χ0v) is 16.4. The van der Waals surface area contributed by atoms with Crippen molar-refractivity contribution in [2.24, 2.45) is 0 Å². The van der Waals surface area contributed by atoms with Crippen LogP contribution in [0.5, 0.6) is 0 Å². The maximum Gasteiger partial charge on any atom is 0.358 e. The van der Waals surface area contributed by atoms with Gasteiger partial charge < -0.3 is 10.1 Å². The summed E-state index contributed by atoms with van der Waals surface area (Å²) < 4.78 is 5.12. The predicted octanol–water partition coefficient (Wildman–Crippen LogP) is 4.46. The van der Waals surface area contributed by atoms with Gasteiger partial charge in [-0.25, -0.2) is 9.78 Å². The van der Waals surface area contributed by atoms with Gasteiger partial charge in [0.1, 0.15) is 5.01 Å². The molecule has 0 unspecified atom stereocenters. The van der Waals surface area contributed by atoms with Crippen LogP contribution in [-0.2, 0) is 9.53 Å². The van der Waals surface area contributed by atoms with Crippen LogP contribution in [0.2, 0.25) is 0 Å². The molecule has 0 bridgehead atoms. The molecule has 0 aliphatic rings. The molecule has 29 heavy (non-hydrogen) atoms. The number of aryl methyl sites for hydroxylation is 1. The van der Waals surface area contributed by atoms with E-state index in [0.29, 0.717) is 5.69 Å². The van der Waals surface area contributed by atoms with Gasteiger partial charge in [-0.3, -0.25) is 9.78 Å². The molecule has 0 atom stereocenters. The van der Waals surface area contributed by atoms with E-state index in [1.807, 2.05) is 43.3 Å². The highest BCUT2D eigenvalue weighted by atomic mass is 32.1. The topological polar surface area (TPSA) is 81.2 Å². The first-order valence-electron chi connectivity index (χ1n) is 8.93. The summed E-state index contributed by atoms with van der Waals surface area (Å²) in [6.07, 6.45) is 1.69. The molecule has 1 N–H and O–H groups in total. The highest BCUT2D eigenvalue weighted by molar-refractivity contribution is 7.13. The molecule has 0 saturated heterocycles. The Morgan fingerprint density at radius 2 is 1.90 bits per heavy atom. The van der Waals surface area contributed by atoms with Crippen molar-refractivity contribution >= 4 is 39.8 Å². The van der Waals surface area contributed by atoms with Crippen LogP contribution in [0.3, 0.4) is 0 Å². The standard InChI is InChI=1S/C22H17N3O3S/c1-14-7-9-15(10-8-14)21-25-19(13-29-21)22(27)28-12-20(26)24-18-6-2-5-17-16(18)4-3-11-23-17/h2-11,13H,12H2,1H3,(H,24,26). The first-order chi connectivity index (χ1) is 14.1. The summed E-state index contributed by atoms with van der Waals surface area (Å²) in [4.78, 5) is 33.0. The van der Waals surface area contributed by atoms with Crippen LogP contribution in [-0.4, -0.2) is 28.5 Å². The van der Waals surface area contributed by atoms with E-state index in [4.69, 9.17) is 4.74 Å². The van der Waals surface area contributed by atoms with E-state index in [2.05, 4.69) is 15.3 Å². The molecule has 0 spiro atoms. The first-order valence-corrected chi connectivity index (χ1v) is 9.81. The number of nitrogens with zero attached hydrogens (tertiary/aromatic N) is 2. The molecule has 2 aromatic heterocycles. The molecule has 0 radical (unpaired) electrons. The molecule has 1 amide bonds. The zero-order chi connectivity index (χ0) is 20.2. The highest BCUT2D eigenvalue weighted by Crippen LogP contribution is 2.24. The number of amides is 1. The summed E-state index contributed by atoms with van der Waals surface area (Å²) >= 11 is 1.36. The van der Waals surface area contributed by atoms with Crippen molar-refractivity contribution in [2.75, 3.05) is 11.9 Å². The van der Waals surface area contributed by atoms with Gasteiger partial charge in [0.25, 0.3) is 5.91 Å². The second-order valence-electron chi connectivity index (χ2n) is 6.40. The molecule has 4 rings (SSSR count). The molecule has 144 valence electrons. The average molecular weight is 403 g/mol. The van der Waals surface area contributed by atoms with Gasteiger partial charge in [-0.2, -0.15) is 0 Å². The summed E-state index contributed by atoms with van der Waals surface area (Å²) in [6.45, 7) is 1.61. The summed E-state index contributed by atoms with van der Waals surface area (Å²) in [6, 6.07) is 17.0. The third-order valence-electron chi connectivity index (χ3n) is 4.27. The predicted molar refractivity (Wildman–Crippen MR) is 113 cm³/mol. The van der Waals surface area contributed by atoms with Crippen molar-refractivity contribution < 1.29 is 14.3 Å². The maximum absolute atomic E-state index is 12.2. The van der Waals surface area contributed by atoms with Crippen LogP contribution < -0.4 is 5.32 Å². The fourth-order valence-electron chi connectivity index (χ4n) is 2.80. The fraction of sp³-hybridized carbons (Fsp3) is 0.0909. The third-order valence-corrected chi connectivity index (χ3v) is 5.16. The number of carbonyl (C=O) groups excluding carboxylic acids is 2. The smallest absolute Gasteiger partial charge is 0.358 e. The second kappa shape index (κ2) is 8.20. The maximum atomic E-state index is 12.2. The Hall–Kier alpha value is -3.58. The van der Waals surface area contributed by atoms with Crippen LogP contribution in [0.4, 0.5) is 5.69 Å². The van der Waals surface area contributed by atoms with E-state index in [1.165, 1.54) is 11.3 Å². The first kappa shape index (κ1) is 18.8. The number of carbonyl (C=O) groups is 2. The number of ether oxygens (including phenoxy) is 1. The number of nitrogens with one attached hydrogen (secondary N) is 1. The lowest BCUT2D eigenvalue weighted by Gasteiger charge is -2.08. The van der Waals surface area contributed by atoms with Gasteiger partial charge in [0.2, 0.25) is 0 Å². The quantitative estimate of drug-likeness (QED) is 0.498. The number of anilines is 1. The van der Waals surface area contributed by atoms with Crippen molar-refractivity contribution in [3.8, 4) is 10.6 Å². The largest absolute Gasteiger partial charge is 0.451 e. The molecule has 0 fully saturated rings. The number of thiazole rings is 1. The Kier molecular flexibility index (Phi) is 5.31. The number of pyridine rings is 1. The average Bonchev–Trinajstić information content (AvgIpc) is 3.23. The summed E-state index contributed by atoms with van der Waals surface area (Å²) in [5, 5.41) is 5.93. The van der Waals surface area contributed by atoms with E-state index in [-0.39, 0.29) is 5.69 Å². The highest BCUT2D eigenvalue weighted by Gasteiger charge is 2.15. The number of rotatable bonds is 5. The molecule has 6 nitrogen and oxygen atoms in total. The van der Waals surface area contributed by atoms with Gasteiger partial charge in [0, 0.05) is 22.5 Å². The molecule has 0 saturated carbocycles. The van der Waals surface area contributed by atoms with E-state index < -0.39 is 18.5 Å². The van der Waals surface area contributed by atoms with Crippen LogP contribution in [0.25, 0.3) is 21.5 Å². The van der Waals surface area contributed by atoms with Gasteiger partial charge in [-0.05, 0) is 31.2 Å². The fourth-order valence-corrected chi connectivity index (χ4v) is 3.60. The molecule has 2 aromatic carbocycles. The van der Waals surface area contributed by atoms with Gasteiger partial charge >= 0.3 is 5.97 Å². The lowest BCUT2D eigenvalue weighted by atomic mass is 10.2. The van der Waals surface area contributed by atoms with Crippen LogP contribution in [0, 0.1) is 6.92 Å². The van der Waals surface area contributed by atoms with Crippen LogP contribution >= 0.6 is 11.3 Å². The van der Waals surface area contributed by atoms with Crippen molar-refractivity contribution in [3.63, 3.8) is 0 Å². The Morgan fingerprint density at radius 3 is 2.72 bits per heavy atom. The number of esters is 1. The third kappa shape index (κ3) is 4.30. The number of hydrogen-bond acceptors (Lipinski definition) is 6. The van der Waals surface area contributed by atoms with Gasteiger partial charge in [-0.1, -0.05) is 35.9 Å². The number of fused-ring (bicyclic) bond motifs is 1. The Balaban J connectivity index is 1.38. The number of aromatic nitrogens is 2. The Bertz CT molecular complexity index is 1180. The van der Waals surface area contributed by atoms with E-state index in [1.54, 1.807) is 29.8 Å². The minimum absolute atomic E-state index is 0.188. The lowest BCUT2D eigenvalue weighted by molar-refractivity contribution is -0.119. The molecule has 7 heteroatoms. The summed E-state index contributed by atoms with van der Waals surface area (Å²) in [5.41, 5.74) is 3.66. The molecular weight excluding hydrogens is 386 g/mol. The summed E-state index contributed by atoms with van der Waals surface area (Å²) in [7, 11) is 0. The zero-order valence-electron chi connectivity index (χ0n) is 15.6. The Labute approximate surface area is 171 Å². The monoisotopic (exact) mass is 403 g/mol. The van der Waals surface area contributed by atoms with Crippen molar-refractivity contribution in [1.82, 2.24) is 9.97 Å². The molecule has 4 aromatic rings. The minimum Gasteiger partial charge on any atom is -0.451 e. The molecule has 0 aliphatic heterocycles. The SMILES string of the molecule is Cc1ccc(-c2nc(C(=O)OCC(=O)Nc3cccc4ncccc34)cs2)cc1. The van der Waals surface area contributed by atoms with Gasteiger partial charge in [0.05, 0.1) is 11.2 Å². The summed E-state index contributed by atoms with van der Waals surface area (Å²) in [5.74, 6) is -1.06. The molecule has 2 heterocycles. The normalized spacial score (nSPS) is 10.7. The van der Waals surface area contributed by atoms with Gasteiger partial charge in [-0.15, -0.1) is 11.3 Å². The van der Waals surface area contributed by atoms with Gasteiger partial charge in [0.15, 0.2) is 12.3 Å². The molecule has 0 aliphatic carbocycles. The van der Waals surface area contributed by atoms with E-state index >= 15 is 0 Å². The Morgan fingerprint density at radius 1 is 1.07 bits per heavy atom. The van der Waals surface area contributed by atoms with Crippen LogP contribution in [0.1, 0.15) is 16.1 Å². The number of hydrogen-bond donors (Lipinski definition) is 1. The lowest BCUT2D eigenvalue weighted by Crippen LogP contribution is -2.21. The second-order valence-corrected chi connectivity index (χ2v) is 7.26. The van der Waals surface area contributed by atoms with Crippen molar-refractivity contribution in [2.45, 2.75) is 6.92 Å². The van der Waals surface area contributed by atoms with E-state index in [0.717, 1.165) is 27.0 Å². The van der Waals surface area contributed by atoms with Crippen molar-refractivity contribution in [1.29, 1.82) is 0 Å². The van der Waals surface area contributed by atoms with Crippen LogP contribution in [0.15, 0.2) is 66.2 Å². The number of benzene rings is 2. The van der Waals surface area contributed by atoms with Crippen molar-refractivity contribution in [3.05, 3.63) is 77.4 Å².